The molecule has 0 saturated carbocycles. The molecule has 0 unspecified atom stereocenters. The SMILES string of the molecule is C[C@H](CNC(=O)Cc1ccc(N2CCCC2=O)cc1)c1ccccc1. The summed E-state index contributed by atoms with van der Waals surface area (Å²) in [5, 5.41) is 3.00. The van der Waals surface area contributed by atoms with E-state index in [0.29, 0.717) is 19.4 Å². The van der Waals surface area contributed by atoms with E-state index in [-0.39, 0.29) is 17.7 Å². The van der Waals surface area contributed by atoms with Gasteiger partial charge < -0.3 is 10.2 Å². The number of nitrogens with zero attached hydrogens (tertiary/aromatic N) is 1. The van der Waals surface area contributed by atoms with Gasteiger partial charge in [0.25, 0.3) is 0 Å². The number of nitrogens with one attached hydrogen (secondary N) is 1. The predicted molar refractivity (Wildman–Crippen MR) is 99.6 cm³/mol. The second kappa shape index (κ2) is 7.97. The Balaban J connectivity index is 1.50. The summed E-state index contributed by atoms with van der Waals surface area (Å²) >= 11 is 0. The molecule has 2 aromatic rings. The normalized spacial score (nSPS) is 15.2. The van der Waals surface area contributed by atoms with Gasteiger partial charge in [0.2, 0.25) is 11.8 Å². The number of anilines is 1. The van der Waals surface area contributed by atoms with E-state index in [2.05, 4.69) is 24.4 Å². The fraction of sp³-hybridized carbons (Fsp3) is 0.333. The second-order valence-electron chi connectivity index (χ2n) is 6.61. The summed E-state index contributed by atoms with van der Waals surface area (Å²) in [5.41, 5.74) is 3.10. The van der Waals surface area contributed by atoms with Crippen molar-refractivity contribution >= 4 is 17.5 Å². The fourth-order valence-electron chi connectivity index (χ4n) is 3.13. The molecule has 130 valence electrons. The van der Waals surface area contributed by atoms with Gasteiger partial charge in [-0.25, -0.2) is 0 Å². The summed E-state index contributed by atoms with van der Waals surface area (Å²) in [6.07, 6.45) is 1.90. The summed E-state index contributed by atoms with van der Waals surface area (Å²) in [7, 11) is 0. The van der Waals surface area contributed by atoms with Crippen LogP contribution in [0.5, 0.6) is 0 Å². The van der Waals surface area contributed by atoms with Crippen molar-refractivity contribution in [1.29, 1.82) is 0 Å². The summed E-state index contributed by atoms with van der Waals surface area (Å²) in [5.74, 6) is 0.488. The largest absolute Gasteiger partial charge is 0.355 e. The Morgan fingerprint density at radius 2 is 1.84 bits per heavy atom. The van der Waals surface area contributed by atoms with E-state index in [9.17, 15) is 9.59 Å². The quantitative estimate of drug-likeness (QED) is 0.880. The van der Waals surface area contributed by atoms with Crippen LogP contribution in [-0.2, 0) is 16.0 Å². The summed E-state index contributed by atoms with van der Waals surface area (Å²) in [6, 6.07) is 17.9. The van der Waals surface area contributed by atoms with Crippen molar-refractivity contribution in [2.45, 2.75) is 32.1 Å². The zero-order valence-corrected chi connectivity index (χ0v) is 14.6. The van der Waals surface area contributed by atoms with Gasteiger partial charge in [0.1, 0.15) is 0 Å². The van der Waals surface area contributed by atoms with Gasteiger partial charge in [-0.15, -0.1) is 0 Å². The Kier molecular flexibility index (Phi) is 5.49. The number of benzene rings is 2. The first-order valence-corrected chi connectivity index (χ1v) is 8.84. The maximum atomic E-state index is 12.2. The first-order chi connectivity index (χ1) is 12.1. The fourth-order valence-corrected chi connectivity index (χ4v) is 3.13. The third kappa shape index (κ3) is 4.47. The van der Waals surface area contributed by atoms with Crippen molar-refractivity contribution in [3.8, 4) is 0 Å². The van der Waals surface area contributed by atoms with Crippen LogP contribution in [0.3, 0.4) is 0 Å². The third-order valence-corrected chi connectivity index (χ3v) is 4.66. The maximum absolute atomic E-state index is 12.2. The molecule has 1 atom stereocenters. The molecular weight excluding hydrogens is 312 g/mol. The van der Waals surface area contributed by atoms with Crippen molar-refractivity contribution < 1.29 is 9.59 Å². The first-order valence-electron chi connectivity index (χ1n) is 8.84. The van der Waals surface area contributed by atoms with Crippen LogP contribution in [0.4, 0.5) is 5.69 Å². The van der Waals surface area contributed by atoms with Crippen molar-refractivity contribution in [2.24, 2.45) is 0 Å². The van der Waals surface area contributed by atoms with Crippen molar-refractivity contribution in [3.63, 3.8) is 0 Å². The van der Waals surface area contributed by atoms with Crippen molar-refractivity contribution in [1.82, 2.24) is 5.32 Å². The molecule has 0 radical (unpaired) electrons. The minimum Gasteiger partial charge on any atom is -0.355 e. The number of amides is 2. The van der Waals surface area contributed by atoms with Gasteiger partial charge in [-0.2, -0.15) is 0 Å². The maximum Gasteiger partial charge on any atom is 0.227 e. The van der Waals surface area contributed by atoms with E-state index < -0.39 is 0 Å². The molecule has 0 spiro atoms. The molecule has 4 nitrogen and oxygen atoms in total. The van der Waals surface area contributed by atoms with E-state index in [0.717, 1.165) is 24.2 Å². The van der Waals surface area contributed by atoms with Gasteiger partial charge in [-0.1, -0.05) is 49.4 Å². The Bertz CT molecular complexity index is 725. The second-order valence-corrected chi connectivity index (χ2v) is 6.61. The zero-order valence-electron chi connectivity index (χ0n) is 14.6. The Morgan fingerprint density at radius 1 is 1.12 bits per heavy atom. The summed E-state index contributed by atoms with van der Waals surface area (Å²) < 4.78 is 0. The molecule has 1 aliphatic heterocycles. The molecule has 1 saturated heterocycles. The topological polar surface area (TPSA) is 49.4 Å². The average Bonchev–Trinajstić information content (AvgIpc) is 3.07. The molecule has 0 aliphatic carbocycles. The first kappa shape index (κ1) is 17.2. The van der Waals surface area contributed by atoms with Gasteiger partial charge in [-0.3, -0.25) is 9.59 Å². The molecule has 25 heavy (non-hydrogen) atoms. The minimum atomic E-state index is 0.0211. The Morgan fingerprint density at radius 3 is 2.48 bits per heavy atom. The van der Waals surface area contributed by atoms with Crippen LogP contribution in [0.1, 0.15) is 36.8 Å². The lowest BCUT2D eigenvalue weighted by molar-refractivity contribution is -0.120. The zero-order chi connectivity index (χ0) is 17.6. The molecule has 1 fully saturated rings. The van der Waals surface area contributed by atoms with Crippen LogP contribution >= 0.6 is 0 Å². The van der Waals surface area contributed by atoms with Crippen LogP contribution in [-0.4, -0.2) is 24.9 Å². The highest BCUT2D eigenvalue weighted by Gasteiger charge is 2.21. The van der Waals surface area contributed by atoms with E-state index in [1.165, 1.54) is 5.56 Å². The third-order valence-electron chi connectivity index (χ3n) is 4.66. The van der Waals surface area contributed by atoms with Crippen LogP contribution in [0.25, 0.3) is 0 Å². The summed E-state index contributed by atoms with van der Waals surface area (Å²) in [6.45, 7) is 3.52. The van der Waals surface area contributed by atoms with Gasteiger partial charge in [0.15, 0.2) is 0 Å². The van der Waals surface area contributed by atoms with E-state index in [1.54, 1.807) is 0 Å². The molecule has 1 aliphatic rings. The van der Waals surface area contributed by atoms with E-state index in [1.807, 2.05) is 47.4 Å². The standard InChI is InChI=1S/C21H24N2O2/c1-16(18-6-3-2-4-7-18)15-22-20(24)14-17-9-11-19(12-10-17)23-13-5-8-21(23)25/h2-4,6-7,9-12,16H,5,8,13-15H2,1H3,(H,22,24)/t16-/m1/s1. The number of hydrogen-bond donors (Lipinski definition) is 1. The number of hydrogen-bond acceptors (Lipinski definition) is 2. The molecule has 2 aromatic carbocycles. The highest BCUT2D eigenvalue weighted by Crippen LogP contribution is 2.21. The van der Waals surface area contributed by atoms with Gasteiger partial charge >= 0.3 is 0 Å². The van der Waals surface area contributed by atoms with Crippen LogP contribution in [0.15, 0.2) is 54.6 Å². The average molecular weight is 336 g/mol. The molecule has 0 bridgehead atoms. The molecule has 0 aromatic heterocycles. The van der Waals surface area contributed by atoms with E-state index >= 15 is 0 Å². The summed E-state index contributed by atoms with van der Waals surface area (Å²) in [4.78, 5) is 25.7. The van der Waals surface area contributed by atoms with Gasteiger partial charge in [0, 0.05) is 25.2 Å². The van der Waals surface area contributed by atoms with Crippen LogP contribution in [0, 0.1) is 0 Å². The minimum absolute atomic E-state index is 0.0211. The lowest BCUT2D eigenvalue weighted by Crippen LogP contribution is -2.29. The van der Waals surface area contributed by atoms with Crippen LogP contribution in [0.2, 0.25) is 0 Å². The Labute approximate surface area is 148 Å². The van der Waals surface area contributed by atoms with Crippen molar-refractivity contribution in [2.75, 3.05) is 18.0 Å². The number of carbonyl (C=O) groups is 2. The molecule has 3 rings (SSSR count). The monoisotopic (exact) mass is 336 g/mol. The lowest BCUT2D eigenvalue weighted by Gasteiger charge is -2.16. The number of carbonyl (C=O) groups excluding carboxylic acids is 2. The smallest absolute Gasteiger partial charge is 0.227 e. The van der Waals surface area contributed by atoms with Crippen LogP contribution < -0.4 is 10.2 Å². The molecule has 1 N–H and O–H groups in total. The predicted octanol–water partition coefficient (Wildman–Crippen LogP) is 3.28. The molecular formula is C21H24N2O2. The van der Waals surface area contributed by atoms with Gasteiger partial charge in [-0.05, 0) is 35.6 Å². The molecule has 2 amide bonds. The lowest BCUT2D eigenvalue weighted by atomic mass is 10.0. The Hall–Kier alpha value is -2.62. The van der Waals surface area contributed by atoms with E-state index in [4.69, 9.17) is 0 Å². The highest BCUT2D eigenvalue weighted by atomic mass is 16.2. The van der Waals surface area contributed by atoms with Crippen molar-refractivity contribution in [3.05, 3.63) is 65.7 Å². The van der Waals surface area contributed by atoms with Gasteiger partial charge in [0.05, 0.1) is 6.42 Å². The number of rotatable bonds is 6. The molecule has 1 heterocycles. The molecule has 4 heteroatoms. The highest BCUT2D eigenvalue weighted by molar-refractivity contribution is 5.95.